The summed E-state index contributed by atoms with van der Waals surface area (Å²) in [6, 6.07) is 18.4. The van der Waals surface area contributed by atoms with Crippen LogP contribution in [0, 0.1) is 0 Å². The topological polar surface area (TPSA) is 69.1 Å². The molecule has 0 bridgehead atoms. The molecule has 6 nitrogen and oxygen atoms in total. The molecular weight excluding hydrogens is 414 g/mol. The number of hydrogen-bond acceptors (Lipinski definition) is 6. The summed E-state index contributed by atoms with van der Waals surface area (Å²) in [7, 11) is 1.65. The molecule has 1 saturated heterocycles. The van der Waals surface area contributed by atoms with Crippen LogP contribution in [-0.4, -0.2) is 77.5 Å². The van der Waals surface area contributed by atoms with E-state index in [1.54, 1.807) is 13.3 Å². The lowest BCUT2D eigenvalue weighted by Crippen LogP contribution is -2.39. The van der Waals surface area contributed by atoms with E-state index in [2.05, 4.69) is 39.0 Å². The molecule has 0 radical (unpaired) electrons. The van der Waals surface area contributed by atoms with E-state index in [-0.39, 0.29) is 12.6 Å². The monoisotopic (exact) mass is 449 g/mol. The second-order valence-electron chi connectivity index (χ2n) is 8.85. The Morgan fingerprint density at radius 1 is 1.09 bits per heavy atom. The van der Waals surface area contributed by atoms with Crippen molar-refractivity contribution in [1.29, 1.82) is 0 Å². The number of rotatable bonds is 9. The van der Waals surface area contributed by atoms with Crippen LogP contribution in [0.15, 0.2) is 60.8 Å². The van der Waals surface area contributed by atoms with E-state index in [0.717, 1.165) is 67.7 Å². The quantitative estimate of drug-likeness (QED) is 0.523. The number of hydrogen-bond donors (Lipinski definition) is 2. The predicted octanol–water partition coefficient (Wildman–Crippen LogP) is 3.28. The number of aliphatic hydroxyl groups excluding tert-OH is 2. The Bertz CT molecular complexity index is 1010. The van der Waals surface area contributed by atoms with E-state index < -0.39 is 6.10 Å². The van der Waals surface area contributed by atoms with Crippen LogP contribution in [0.4, 0.5) is 0 Å². The van der Waals surface area contributed by atoms with E-state index in [1.165, 1.54) is 5.56 Å². The van der Waals surface area contributed by atoms with Gasteiger partial charge in [-0.3, -0.25) is 14.8 Å². The first-order valence-electron chi connectivity index (χ1n) is 11.9. The maximum atomic E-state index is 11.1. The van der Waals surface area contributed by atoms with Crippen LogP contribution in [0.3, 0.4) is 0 Å². The Kier molecular flexibility index (Phi) is 8.29. The summed E-state index contributed by atoms with van der Waals surface area (Å²) < 4.78 is 5.37. The summed E-state index contributed by atoms with van der Waals surface area (Å²) >= 11 is 0. The minimum atomic E-state index is -0.611. The first-order valence-corrected chi connectivity index (χ1v) is 11.9. The molecule has 1 aliphatic heterocycles. The molecule has 33 heavy (non-hydrogen) atoms. The molecule has 2 heterocycles. The number of aryl methyl sites for hydroxylation is 1. The molecule has 2 aromatic carbocycles. The zero-order valence-corrected chi connectivity index (χ0v) is 19.4. The lowest BCUT2D eigenvalue weighted by Gasteiger charge is -2.28. The third-order valence-corrected chi connectivity index (χ3v) is 6.74. The molecule has 3 aromatic rings. The van der Waals surface area contributed by atoms with Crippen LogP contribution in [0.1, 0.15) is 30.1 Å². The van der Waals surface area contributed by atoms with E-state index >= 15 is 0 Å². The van der Waals surface area contributed by atoms with Crippen LogP contribution in [-0.2, 0) is 6.42 Å². The van der Waals surface area contributed by atoms with Crippen LogP contribution >= 0.6 is 0 Å². The Labute approximate surface area is 196 Å². The third kappa shape index (κ3) is 6.09. The molecule has 0 saturated carbocycles. The van der Waals surface area contributed by atoms with Crippen LogP contribution in [0.2, 0.25) is 0 Å². The number of methoxy groups -OCH3 is 1. The first-order chi connectivity index (χ1) is 16.2. The predicted molar refractivity (Wildman–Crippen MR) is 132 cm³/mol. The summed E-state index contributed by atoms with van der Waals surface area (Å²) in [6.07, 6.45) is 4.18. The molecule has 0 aliphatic carbocycles. The van der Waals surface area contributed by atoms with E-state index in [9.17, 15) is 10.2 Å². The van der Waals surface area contributed by atoms with Gasteiger partial charge < -0.3 is 14.9 Å². The maximum absolute atomic E-state index is 11.1. The zero-order chi connectivity index (χ0) is 23.0. The van der Waals surface area contributed by atoms with Gasteiger partial charge >= 0.3 is 0 Å². The van der Waals surface area contributed by atoms with Gasteiger partial charge in [0, 0.05) is 37.3 Å². The highest BCUT2D eigenvalue weighted by atomic mass is 16.5. The van der Waals surface area contributed by atoms with Crippen molar-refractivity contribution in [3.05, 3.63) is 71.9 Å². The molecule has 4 rings (SSSR count). The maximum Gasteiger partial charge on any atom is 0.119 e. The van der Waals surface area contributed by atoms with Gasteiger partial charge in [0.05, 0.1) is 25.3 Å². The first kappa shape index (κ1) is 23.6. The molecule has 2 atom stereocenters. The molecule has 1 fully saturated rings. The summed E-state index contributed by atoms with van der Waals surface area (Å²) in [5.74, 6) is 0.760. The van der Waals surface area contributed by atoms with Gasteiger partial charge in [-0.15, -0.1) is 0 Å². The largest absolute Gasteiger partial charge is 0.497 e. The minimum Gasteiger partial charge on any atom is -0.497 e. The molecule has 1 aliphatic rings. The van der Waals surface area contributed by atoms with Crippen molar-refractivity contribution in [2.45, 2.75) is 31.4 Å². The van der Waals surface area contributed by atoms with Gasteiger partial charge in [-0.05, 0) is 67.7 Å². The average molecular weight is 450 g/mol. The van der Waals surface area contributed by atoms with Crippen molar-refractivity contribution in [2.75, 3.05) is 46.4 Å². The van der Waals surface area contributed by atoms with Crippen molar-refractivity contribution in [3.8, 4) is 5.75 Å². The average Bonchev–Trinajstić information content (AvgIpc) is 3.05. The summed E-state index contributed by atoms with van der Waals surface area (Å²) in [5.41, 5.74) is 3.09. The molecule has 1 aromatic heterocycles. The van der Waals surface area contributed by atoms with Gasteiger partial charge in [0.1, 0.15) is 5.75 Å². The highest BCUT2D eigenvalue weighted by molar-refractivity contribution is 5.83. The standard InChI is InChI=1S/C27H35N3O3/c1-33-23-9-10-26-25(18-23)24(11-13-28-26)27(32)19-29-15-12-22(20-31)30(17-16-29)14-5-8-21-6-3-2-4-7-21/h2-4,6-7,9-11,13,18,22,27,31-32H,5,8,12,14-17,19-20H2,1H3. The summed E-state index contributed by atoms with van der Waals surface area (Å²) in [5, 5.41) is 22.0. The Morgan fingerprint density at radius 2 is 1.94 bits per heavy atom. The fourth-order valence-corrected chi connectivity index (χ4v) is 4.80. The van der Waals surface area contributed by atoms with E-state index in [1.807, 2.05) is 30.3 Å². The van der Waals surface area contributed by atoms with Crippen molar-refractivity contribution < 1.29 is 14.9 Å². The molecule has 6 heteroatoms. The Hall–Kier alpha value is -2.51. The highest BCUT2D eigenvalue weighted by Crippen LogP contribution is 2.27. The van der Waals surface area contributed by atoms with Crippen molar-refractivity contribution in [2.24, 2.45) is 0 Å². The van der Waals surface area contributed by atoms with Gasteiger partial charge in [0.2, 0.25) is 0 Å². The molecule has 0 spiro atoms. The smallest absolute Gasteiger partial charge is 0.119 e. The van der Waals surface area contributed by atoms with Gasteiger partial charge in [-0.1, -0.05) is 30.3 Å². The molecule has 2 unspecified atom stereocenters. The van der Waals surface area contributed by atoms with E-state index in [0.29, 0.717) is 6.54 Å². The second-order valence-corrected chi connectivity index (χ2v) is 8.85. The Balaban J connectivity index is 1.37. The number of nitrogens with zero attached hydrogens (tertiary/aromatic N) is 3. The van der Waals surface area contributed by atoms with Gasteiger partial charge in [0.15, 0.2) is 0 Å². The lowest BCUT2D eigenvalue weighted by molar-refractivity contribution is 0.115. The van der Waals surface area contributed by atoms with Gasteiger partial charge in [-0.2, -0.15) is 0 Å². The highest BCUT2D eigenvalue weighted by Gasteiger charge is 2.25. The van der Waals surface area contributed by atoms with Crippen LogP contribution < -0.4 is 4.74 Å². The number of β-amino-alcohol motifs (C(OH)–C–C–N with tert-alkyl or cyclic N) is 1. The molecule has 2 N–H and O–H groups in total. The number of ether oxygens (including phenoxy) is 1. The van der Waals surface area contributed by atoms with Gasteiger partial charge in [0.25, 0.3) is 0 Å². The van der Waals surface area contributed by atoms with Crippen LogP contribution in [0.25, 0.3) is 10.9 Å². The number of aromatic nitrogens is 1. The third-order valence-electron chi connectivity index (χ3n) is 6.74. The van der Waals surface area contributed by atoms with Crippen molar-refractivity contribution in [3.63, 3.8) is 0 Å². The number of fused-ring (bicyclic) bond motifs is 1. The van der Waals surface area contributed by atoms with Crippen LogP contribution in [0.5, 0.6) is 5.75 Å². The lowest BCUT2D eigenvalue weighted by atomic mass is 10.0. The number of pyridine rings is 1. The molecule has 176 valence electrons. The van der Waals surface area contributed by atoms with E-state index in [4.69, 9.17) is 4.74 Å². The fraction of sp³-hybridized carbons (Fsp3) is 0.444. The normalized spacial score (nSPS) is 18.8. The zero-order valence-electron chi connectivity index (χ0n) is 19.4. The SMILES string of the molecule is COc1ccc2nccc(C(O)CN3CCC(CO)N(CCCc4ccccc4)CC3)c2c1. The minimum absolute atomic E-state index is 0.175. The summed E-state index contributed by atoms with van der Waals surface area (Å²) in [6.45, 7) is 4.36. The van der Waals surface area contributed by atoms with Crippen molar-refractivity contribution >= 4 is 10.9 Å². The van der Waals surface area contributed by atoms with Gasteiger partial charge in [-0.25, -0.2) is 0 Å². The second kappa shape index (κ2) is 11.6. The fourth-order valence-electron chi connectivity index (χ4n) is 4.80. The molecular formula is C27H35N3O3. The molecule has 0 amide bonds. The summed E-state index contributed by atoms with van der Waals surface area (Å²) in [4.78, 5) is 9.16. The van der Waals surface area contributed by atoms with Crippen molar-refractivity contribution in [1.82, 2.24) is 14.8 Å². The Morgan fingerprint density at radius 3 is 2.73 bits per heavy atom. The number of benzene rings is 2. The number of aliphatic hydroxyl groups is 2.